The van der Waals surface area contributed by atoms with Gasteiger partial charge in [-0.3, -0.25) is 4.79 Å². The minimum atomic E-state index is -0.160. The van der Waals surface area contributed by atoms with Gasteiger partial charge in [0.05, 0.1) is 5.70 Å². The Labute approximate surface area is 202 Å². The highest BCUT2D eigenvalue weighted by molar-refractivity contribution is 6.06. The maximum atomic E-state index is 11.9. The van der Waals surface area contributed by atoms with Crippen LogP contribution in [-0.2, 0) is 4.79 Å². The van der Waals surface area contributed by atoms with Gasteiger partial charge in [-0.05, 0) is 63.6 Å². The number of hydrogen-bond donors (Lipinski definition) is 4. The second kappa shape index (κ2) is 13.6. The molecule has 0 heterocycles. The maximum Gasteiger partial charge on any atom is 0.258 e. The van der Waals surface area contributed by atoms with Gasteiger partial charge in [0, 0.05) is 34.8 Å². The Kier molecular flexibility index (Phi) is 10.6. The number of nitrogens with one attached hydrogen (secondary N) is 3. The van der Waals surface area contributed by atoms with E-state index in [4.69, 9.17) is 20.9 Å². The highest BCUT2D eigenvalue weighted by atomic mass is 16.5. The number of carbonyl (C=O) groups is 1. The minimum Gasteiger partial charge on any atom is -0.484 e. The summed E-state index contributed by atoms with van der Waals surface area (Å²) in [5.74, 6) is 1.09. The molecule has 7 nitrogen and oxygen atoms in total. The molecule has 2 rings (SSSR count). The maximum absolute atomic E-state index is 11.9. The predicted molar refractivity (Wildman–Crippen MR) is 143 cm³/mol. The van der Waals surface area contributed by atoms with Crippen LogP contribution in [0.2, 0.25) is 0 Å². The van der Waals surface area contributed by atoms with Crippen molar-refractivity contribution >= 4 is 35.0 Å². The quantitative estimate of drug-likeness (QED) is 0.204. The number of unbranched alkanes of at least 4 members (excludes halogenated alkanes) is 1. The van der Waals surface area contributed by atoms with Crippen LogP contribution in [0.3, 0.4) is 0 Å². The molecule has 0 aromatic heterocycles. The van der Waals surface area contributed by atoms with Gasteiger partial charge >= 0.3 is 0 Å². The Bertz CT molecular complexity index is 1070. The molecule has 0 saturated heterocycles. The zero-order valence-corrected chi connectivity index (χ0v) is 20.4. The third-order valence-electron chi connectivity index (χ3n) is 4.66. The number of carbonyl (C=O) groups excluding carboxylic acids is 1. The van der Waals surface area contributed by atoms with E-state index in [9.17, 15) is 4.79 Å². The lowest BCUT2D eigenvalue weighted by Crippen LogP contribution is -2.34. The van der Waals surface area contributed by atoms with Crippen molar-refractivity contribution in [3.05, 3.63) is 71.8 Å². The van der Waals surface area contributed by atoms with Gasteiger partial charge in [0.1, 0.15) is 11.6 Å². The van der Waals surface area contributed by atoms with E-state index in [-0.39, 0.29) is 18.6 Å². The first-order valence-electron chi connectivity index (χ1n) is 11.5. The van der Waals surface area contributed by atoms with Crippen LogP contribution in [0.5, 0.6) is 5.75 Å². The summed E-state index contributed by atoms with van der Waals surface area (Å²) in [6.45, 7) is 7.82. The lowest BCUT2D eigenvalue weighted by atomic mass is 10.1. The van der Waals surface area contributed by atoms with Crippen LogP contribution in [0.4, 0.5) is 11.4 Å². The van der Waals surface area contributed by atoms with E-state index >= 15 is 0 Å². The van der Waals surface area contributed by atoms with Crippen LogP contribution in [0.1, 0.15) is 51.7 Å². The first kappa shape index (κ1) is 26.4. The minimum absolute atomic E-state index is 0.0449. The molecule has 0 radical (unpaired) electrons. The van der Waals surface area contributed by atoms with Gasteiger partial charge in [0.15, 0.2) is 6.61 Å². The fraction of sp³-hybridized carbons (Fsp3) is 0.296. The third kappa shape index (κ3) is 8.58. The number of nitrogens with zero attached hydrogens (tertiary/aromatic N) is 1. The second-order valence-corrected chi connectivity index (χ2v) is 8.03. The van der Waals surface area contributed by atoms with Crippen molar-refractivity contribution < 1.29 is 9.53 Å². The standard InChI is InChI=1S/C27H35N5O2/c1-5-7-12-25(20-10-8-11-23(16-20)34-18-27(33)30-19(3)4)32-26(9-6-2)31-22-13-14-24(29)21(15-22)17-28/h6,8-17,19,28H,5,7,18,29H2,1-4H3,(H,30,33)(H,31,32)/b9-6-,25-12+,28-17?. The van der Waals surface area contributed by atoms with E-state index in [0.29, 0.717) is 22.8 Å². The average molecular weight is 462 g/mol. The molecule has 0 aliphatic rings. The summed E-state index contributed by atoms with van der Waals surface area (Å²) in [5.41, 5.74) is 9.56. The van der Waals surface area contributed by atoms with Crippen molar-refractivity contribution in [1.82, 2.24) is 5.32 Å². The molecule has 0 aliphatic carbocycles. The fourth-order valence-electron chi connectivity index (χ4n) is 3.09. The highest BCUT2D eigenvalue weighted by Crippen LogP contribution is 2.23. The largest absolute Gasteiger partial charge is 0.484 e. The summed E-state index contributed by atoms with van der Waals surface area (Å²) in [5, 5.41) is 13.7. The Morgan fingerprint density at radius 2 is 2.03 bits per heavy atom. The number of ether oxygens (including phenoxy) is 1. The van der Waals surface area contributed by atoms with Gasteiger partial charge < -0.3 is 26.5 Å². The molecule has 0 aliphatic heterocycles. The average Bonchev–Trinajstić information content (AvgIpc) is 2.81. The van der Waals surface area contributed by atoms with Crippen molar-refractivity contribution in [3.8, 4) is 5.75 Å². The van der Waals surface area contributed by atoms with Crippen LogP contribution >= 0.6 is 0 Å². The number of amidine groups is 1. The number of allylic oxidation sites excluding steroid dienone is 2. The predicted octanol–water partition coefficient (Wildman–Crippen LogP) is 5.40. The van der Waals surface area contributed by atoms with Crippen LogP contribution in [-0.4, -0.2) is 30.6 Å². The summed E-state index contributed by atoms with van der Waals surface area (Å²) in [4.78, 5) is 16.8. The van der Waals surface area contributed by atoms with Crippen LogP contribution < -0.4 is 21.1 Å². The van der Waals surface area contributed by atoms with Crippen LogP contribution in [0.15, 0.2) is 65.7 Å². The molecule has 0 atom stereocenters. The number of hydrogen-bond acceptors (Lipinski definition) is 5. The Morgan fingerprint density at radius 3 is 2.71 bits per heavy atom. The van der Waals surface area contributed by atoms with E-state index in [0.717, 1.165) is 29.8 Å². The smallest absolute Gasteiger partial charge is 0.258 e. The zero-order chi connectivity index (χ0) is 24.9. The summed E-state index contributed by atoms with van der Waals surface area (Å²) in [7, 11) is 0. The zero-order valence-electron chi connectivity index (χ0n) is 20.4. The molecule has 0 unspecified atom stereocenters. The van der Waals surface area contributed by atoms with Gasteiger partial charge in [-0.15, -0.1) is 0 Å². The molecule has 0 bridgehead atoms. The molecule has 0 spiro atoms. The van der Waals surface area contributed by atoms with Gasteiger partial charge in [0.25, 0.3) is 5.91 Å². The van der Waals surface area contributed by atoms with E-state index in [1.54, 1.807) is 6.07 Å². The van der Waals surface area contributed by atoms with E-state index in [1.807, 2.05) is 69.3 Å². The molecule has 0 saturated carbocycles. The van der Waals surface area contributed by atoms with Crippen molar-refractivity contribution in [3.63, 3.8) is 0 Å². The summed E-state index contributed by atoms with van der Waals surface area (Å²) in [6, 6.07) is 13.1. The van der Waals surface area contributed by atoms with Crippen molar-refractivity contribution in [1.29, 1.82) is 5.41 Å². The highest BCUT2D eigenvalue weighted by Gasteiger charge is 2.08. The summed E-state index contributed by atoms with van der Waals surface area (Å²) < 4.78 is 5.70. The molecule has 2 aromatic rings. The van der Waals surface area contributed by atoms with E-state index in [1.165, 1.54) is 6.21 Å². The number of rotatable bonds is 11. The number of anilines is 2. The van der Waals surface area contributed by atoms with Crippen LogP contribution in [0, 0.1) is 5.41 Å². The molecule has 5 N–H and O–H groups in total. The first-order valence-corrected chi connectivity index (χ1v) is 11.5. The molecule has 0 fully saturated rings. The normalized spacial score (nSPS) is 12.1. The monoisotopic (exact) mass is 461 g/mol. The van der Waals surface area contributed by atoms with Gasteiger partial charge in [-0.25, -0.2) is 4.99 Å². The lowest BCUT2D eigenvalue weighted by Gasteiger charge is -2.12. The molecular formula is C27H35N5O2. The summed E-state index contributed by atoms with van der Waals surface area (Å²) in [6.07, 6.45) is 8.96. The topological polar surface area (TPSA) is 113 Å². The first-order chi connectivity index (χ1) is 16.4. The molecule has 2 aromatic carbocycles. The fourth-order valence-corrected chi connectivity index (χ4v) is 3.09. The molecule has 7 heteroatoms. The lowest BCUT2D eigenvalue weighted by molar-refractivity contribution is -0.123. The molecule has 180 valence electrons. The summed E-state index contributed by atoms with van der Waals surface area (Å²) >= 11 is 0. The van der Waals surface area contributed by atoms with E-state index < -0.39 is 0 Å². The number of nitrogen functional groups attached to an aromatic ring is 1. The third-order valence-corrected chi connectivity index (χ3v) is 4.66. The number of nitrogens with two attached hydrogens (primary N) is 1. The van der Waals surface area contributed by atoms with Gasteiger partial charge in [-0.2, -0.15) is 0 Å². The van der Waals surface area contributed by atoms with Gasteiger partial charge in [0.2, 0.25) is 0 Å². The Hall–Kier alpha value is -3.87. The number of benzene rings is 2. The molecular weight excluding hydrogens is 426 g/mol. The number of amides is 1. The van der Waals surface area contributed by atoms with Crippen molar-refractivity contribution in [2.24, 2.45) is 4.99 Å². The van der Waals surface area contributed by atoms with Crippen LogP contribution in [0.25, 0.3) is 5.70 Å². The Morgan fingerprint density at radius 1 is 1.24 bits per heavy atom. The molecule has 1 amide bonds. The second-order valence-electron chi connectivity index (χ2n) is 8.03. The van der Waals surface area contributed by atoms with E-state index in [2.05, 4.69) is 23.6 Å². The number of aliphatic imine (C=N–C) groups is 1. The van der Waals surface area contributed by atoms with Gasteiger partial charge in [-0.1, -0.05) is 37.6 Å². The SMILES string of the molecule is C\C=C/C(=N\C(=C\CCC)c1cccc(OCC(=O)NC(C)C)c1)Nc1ccc(N)c(C=N)c1. The van der Waals surface area contributed by atoms with Crippen molar-refractivity contribution in [2.75, 3.05) is 17.7 Å². The van der Waals surface area contributed by atoms with Crippen molar-refractivity contribution in [2.45, 2.75) is 46.6 Å². The Balaban J connectivity index is 2.32. The molecule has 34 heavy (non-hydrogen) atoms.